The van der Waals surface area contributed by atoms with Gasteiger partial charge in [0.25, 0.3) is 5.91 Å². The largest absolute Gasteiger partial charge is 0.352 e. The first-order valence-corrected chi connectivity index (χ1v) is 8.04. The van der Waals surface area contributed by atoms with Gasteiger partial charge in [-0.1, -0.05) is 0 Å². The molecule has 0 spiro atoms. The fourth-order valence-corrected chi connectivity index (χ4v) is 3.91. The zero-order valence-electron chi connectivity index (χ0n) is 11.7. The Balaban J connectivity index is 1.49. The van der Waals surface area contributed by atoms with Crippen LogP contribution < -0.4 is 5.32 Å². The highest BCUT2D eigenvalue weighted by Crippen LogP contribution is 2.31. The van der Waals surface area contributed by atoms with Gasteiger partial charge in [0.2, 0.25) is 0 Å². The maximum absolute atomic E-state index is 12.1. The van der Waals surface area contributed by atoms with Gasteiger partial charge in [-0.05, 0) is 51.6 Å². The quantitative estimate of drug-likeness (QED) is 0.918. The SMILES string of the molecule is Cc1cc(C(=O)NC[C@@H]2CCN(C3CC3)C2)c(C)s1. The lowest BCUT2D eigenvalue weighted by molar-refractivity contribution is 0.0947. The second-order valence-electron chi connectivity index (χ2n) is 5.92. The summed E-state index contributed by atoms with van der Waals surface area (Å²) in [6, 6.07) is 2.86. The molecule has 1 aromatic rings. The Kier molecular flexibility index (Phi) is 3.63. The van der Waals surface area contributed by atoms with Crippen LogP contribution in [-0.4, -0.2) is 36.5 Å². The van der Waals surface area contributed by atoms with Gasteiger partial charge in [-0.15, -0.1) is 11.3 Å². The van der Waals surface area contributed by atoms with Gasteiger partial charge >= 0.3 is 0 Å². The number of nitrogens with one attached hydrogen (secondary N) is 1. The van der Waals surface area contributed by atoms with Crippen LogP contribution in [0.25, 0.3) is 0 Å². The van der Waals surface area contributed by atoms with Crippen molar-refractivity contribution in [2.24, 2.45) is 5.92 Å². The molecule has 1 saturated heterocycles. The van der Waals surface area contributed by atoms with Gasteiger partial charge in [0, 0.05) is 28.9 Å². The van der Waals surface area contributed by atoms with Crippen LogP contribution in [-0.2, 0) is 0 Å². The Morgan fingerprint density at radius 1 is 1.42 bits per heavy atom. The minimum atomic E-state index is 0.103. The van der Waals surface area contributed by atoms with E-state index in [1.165, 1.54) is 37.2 Å². The van der Waals surface area contributed by atoms with E-state index in [0.29, 0.717) is 5.92 Å². The van der Waals surface area contributed by atoms with E-state index in [1.807, 2.05) is 13.0 Å². The van der Waals surface area contributed by atoms with E-state index >= 15 is 0 Å². The van der Waals surface area contributed by atoms with Crippen molar-refractivity contribution in [3.63, 3.8) is 0 Å². The fraction of sp³-hybridized carbons (Fsp3) is 0.667. The Morgan fingerprint density at radius 3 is 2.84 bits per heavy atom. The first-order valence-electron chi connectivity index (χ1n) is 7.23. The first-order chi connectivity index (χ1) is 9.13. The van der Waals surface area contributed by atoms with Crippen LogP contribution in [0.2, 0.25) is 0 Å². The number of carbonyl (C=O) groups is 1. The Bertz CT molecular complexity index is 478. The highest BCUT2D eigenvalue weighted by molar-refractivity contribution is 7.12. The average Bonchev–Trinajstić information content (AvgIpc) is 3.02. The maximum atomic E-state index is 12.1. The molecule has 0 radical (unpaired) electrons. The lowest BCUT2D eigenvalue weighted by Gasteiger charge is -2.15. The van der Waals surface area contributed by atoms with Crippen LogP contribution in [0.5, 0.6) is 0 Å². The number of rotatable bonds is 4. The normalized spacial score (nSPS) is 23.8. The van der Waals surface area contributed by atoms with Gasteiger partial charge in [-0.2, -0.15) is 0 Å². The van der Waals surface area contributed by atoms with E-state index in [-0.39, 0.29) is 5.91 Å². The Labute approximate surface area is 119 Å². The summed E-state index contributed by atoms with van der Waals surface area (Å²) in [5, 5.41) is 3.12. The molecular formula is C15H22N2OS. The molecule has 2 heterocycles. The molecule has 1 amide bonds. The van der Waals surface area contributed by atoms with Crippen LogP contribution in [0.4, 0.5) is 0 Å². The summed E-state index contributed by atoms with van der Waals surface area (Å²) in [6.07, 6.45) is 4.00. The molecule has 4 heteroatoms. The van der Waals surface area contributed by atoms with Crippen molar-refractivity contribution < 1.29 is 4.79 Å². The van der Waals surface area contributed by atoms with E-state index in [9.17, 15) is 4.79 Å². The smallest absolute Gasteiger partial charge is 0.252 e. The highest BCUT2D eigenvalue weighted by Gasteiger charge is 2.34. The van der Waals surface area contributed by atoms with Crippen LogP contribution in [0.15, 0.2) is 6.07 Å². The average molecular weight is 278 g/mol. The van der Waals surface area contributed by atoms with Crippen molar-refractivity contribution >= 4 is 17.2 Å². The summed E-state index contributed by atoms with van der Waals surface area (Å²) in [7, 11) is 0. The predicted molar refractivity (Wildman–Crippen MR) is 78.8 cm³/mol. The molecule has 3 rings (SSSR count). The molecule has 1 aromatic heterocycles. The lowest BCUT2D eigenvalue weighted by atomic mass is 10.1. The number of thiophene rings is 1. The minimum absolute atomic E-state index is 0.103. The number of nitrogens with zero attached hydrogens (tertiary/aromatic N) is 1. The molecule has 2 aliphatic rings. The molecule has 0 bridgehead atoms. The molecule has 19 heavy (non-hydrogen) atoms. The van der Waals surface area contributed by atoms with E-state index < -0.39 is 0 Å². The molecule has 1 aliphatic carbocycles. The molecule has 104 valence electrons. The molecule has 1 aliphatic heterocycles. The van der Waals surface area contributed by atoms with Gasteiger partial charge in [0.05, 0.1) is 5.56 Å². The summed E-state index contributed by atoms with van der Waals surface area (Å²) in [5.41, 5.74) is 0.861. The molecule has 1 atom stereocenters. The van der Waals surface area contributed by atoms with Gasteiger partial charge in [0.1, 0.15) is 0 Å². The van der Waals surface area contributed by atoms with Crippen molar-refractivity contribution in [1.82, 2.24) is 10.2 Å². The van der Waals surface area contributed by atoms with Crippen LogP contribution >= 0.6 is 11.3 Å². The van der Waals surface area contributed by atoms with E-state index in [2.05, 4.69) is 17.1 Å². The molecule has 2 fully saturated rings. The first kappa shape index (κ1) is 13.1. The Morgan fingerprint density at radius 2 is 2.21 bits per heavy atom. The summed E-state index contributed by atoms with van der Waals surface area (Å²) in [6.45, 7) is 7.31. The zero-order valence-corrected chi connectivity index (χ0v) is 12.6. The van der Waals surface area contributed by atoms with Crippen molar-refractivity contribution in [3.05, 3.63) is 21.4 Å². The number of likely N-dealkylation sites (tertiary alicyclic amines) is 1. The van der Waals surface area contributed by atoms with Crippen LogP contribution in [0, 0.1) is 19.8 Å². The predicted octanol–water partition coefficient (Wildman–Crippen LogP) is 2.58. The second kappa shape index (κ2) is 5.25. The third kappa shape index (κ3) is 3.00. The highest BCUT2D eigenvalue weighted by atomic mass is 32.1. The van der Waals surface area contributed by atoms with Crippen molar-refractivity contribution in [3.8, 4) is 0 Å². The summed E-state index contributed by atoms with van der Waals surface area (Å²) < 4.78 is 0. The molecule has 1 saturated carbocycles. The maximum Gasteiger partial charge on any atom is 0.252 e. The zero-order chi connectivity index (χ0) is 13.4. The molecule has 3 nitrogen and oxygen atoms in total. The summed E-state index contributed by atoms with van der Waals surface area (Å²) in [4.78, 5) is 17.1. The number of aryl methyl sites for hydroxylation is 2. The van der Waals surface area contributed by atoms with Gasteiger partial charge in [-0.3, -0.25) is 4.79 Å². The standard InChI is InChI=1S/C15H22N2OS/c1-10-7-14(11(2)19-10)15(18)16-8-12-5-6-17(9-12)13-3-4-13/h7,12-13H,3-6,8-9H2,1-2H3,(H,16,18)/t12-/m0/s1. The minimum Gasteiger partial charge on any atom is -0.352 e. The topological polar surface area (TPSA) is 32.3 Å². The lowest BCUT2D eigenvalue weighted by Crippen LogP contribution is -2.31. The van der Waals surface area contributed by atoms with Gasteiger partial charge in [0.15, 0.2) is 0 Å². The van der Waals surface area contributed by atoms with Crippen molar-refractivity contribution in [2.45, 2.75) is 39.2 Å². The number of carbonyl (C=O) groups excluding carboxylic acids is 1. The Hall–Kier alpha value is -0.870. The number of hydrogen-bond donors (Lipinski definition) is 1. The van der Waals surface area contributed by atoms with Gasteiger partial charge < -0.3 is 10.2 Å². The number of amides is 1. The van der Waals surface area contributed by atoms with Crippen molar-refractivity contribution in [1.29, 1.82) is 0 Å². The third-order valence-electron chi connectivity index (χ3n) is 4.22. The van der Waals surface area contributed by atoms with E-state index in [4.69, 9.17) is 0 Å². The second-order valence-corrected chi connectivity index (χ2v) is 7.38. The van der Waals surface area contributed by atoms with Crippen molar-refractivity contribution in [2.75, 3.05) is 19.6 Å². The third-order valence-corrected chi connectivity index (χ3v) is 5.18. The van der Waals surface area contributed by atoms with Crippen LogP contribution in [0.1, 0.15) is 39.4 Å². The van der Waals surface area contributed by atoms with Gasteiger partial charge in [-0.25, -0.2) is 0 Å². The molecular weight excluding hydrogens is 256 g/mol. The van der Waals surface area contributed by atoms with E-state index in [0.717, 1.165) is 23.0 Å². The molecule has 0 aromatic carbocycles. The van der Waals surface area contributed by atoms with E-state index in [1.54, 1.807) is 11.3 Å². The molecule has 0 unspecified atom stereocenters. The fourth-order valence-electron chi connectivity index (χ4n) is 2.99. The summed E-state index contributed by atoms with van der Waals surface area (Å²) >= 11 is 1.70. The monoisotopic (exact) mass is 278 g/mol. The molecule has 1 N–H and O–H groups in total. The van der Waals surface area contributed by atoms with Crippen LogP contribution in [0.3, 0.4) is 0 Å². The number of hydrogen-bond acceptors (Lipinski definition) is 3. The summed E-state index contributed by atoms with van der Waals surface area (Å²) in [5.74, 6) is 0.747.